The lowest BCUT2D eigenvalue weighted by molar-refractivity contribution is -0.122. The van der Waals surface area contributed by atoms with Crippen LogP contribution in [0.1, 0.15) is 20.3 Å². The van der Waals surface area contributed by atoms with Crippen molar-refractivity contribution in [2.45, 2.75) is 31.8 Å². The van der Waals surface area contributed by atoms with Crippen LogP contribution in [0.15, 0.2) is 24.3 Å². The first-order valence-corrected chi connectivity index (χ1v) is 6.51. The summed E-state index contributed by atoms with van der Waals surface area (Å²) in [4.78, 5) is 14.0. The van der Waals surface area contributed by atoms with E-state index in [4.69, 9.17) is 5.73 Å². The van der Waals surface area contributed by atoms with E-state index in [1.807, 2.05) is 0 Å². The molecule has 19 heavy (non-hydrogen) atoms. The number of hydrogen-bond acceptors (Lipinski definition) is 3. The second kappa shape index (κ2) is 5.17. The summed E-state index contributed by atoms with van der Waals surface area (Å²) in [7, 11) is 0. The molecule has 0 spiro atoms. The molecule has 0 aromatic heterocycles. The number of halogens is 1. The maximum Gasteiger partial charge on any atom is 0.244 e. The van der Waals surface area contributed by atoms with Crippen LogP contribution < -0.4 is 11.1 Å². The van der Waals surface area contributed by atoms with Gasteiger partial charge in [0.15, 0.2) is 0 Å². The Morgan fingerprint density at radius 2 is 2.05 bits per heavy atom. The molecule has 0 bridgehead atoms. The summed E-state index contributed by atoms with van der Waals surface area (Å²) in [6, 6.07) is 6.35. The van der Waals surface area contributed by atoms with Gasteiger partial charge in [0.25, 0.3) is 0 Å². The van der Waals surface area contributed by atoms with Gasteiger partial charge in [-0.25, -0.2) is 4.39 Å². The van der Waals surface area contributed by atoms with Crippen molar-refractivity contribution >= 4 is 11.6 Å². The van der Waals surface area contributed by atoms with Crippen molar-refractivity contribution < 1.29 is 9.18 Å². The van der Waals surface area contributed by atoms with Crippen LogP contribution in [0.25, 0.3) is 0 Å². The predicted molar refractivity (Wildman–Crippen MR) is 73.3 cm³/mol. The van der Waals surface area contributed by atoms with Gasteiger partial charge in [0, 0.05) is 24.8 Å². The number of hydrogen-bond donors (Lipinski definition) is 2. The molecule has 104 valence electrons. The summed E-state index contributed by atoms with van der Waals surface area (Å²) in [5.74, 6) is -0.658. The highest BCUT2D eigenvalue weighted by Gasteiger charge is 2.43. The Bertz CT molecular complexity index is 460. The third kappa shape index (κ3) is 2.87. The molecule has 1 amide bonds. The summed E-state index contributed by atoms with van der Waals surface area (Å²) in [6.07, 6.45) is 0.665. The van der Waals surface area contributed by atoms with Gasteiger partial charge in [0.05, 0.1) is 0 Å². The molecule has 2 rings (SSSR count). The second-order valence-corrected chi connectivity index (χ2v) is 5.39. The lowest BCUT2D eigenvalue weighted by Crippen LogP contribution is -2.53. The second-order valence-electron chi connectivity index (χ2n) is 5.39. The Labute approximate surface area is 112 Å². The first-order chi connectivity index (χ1) is 8.93. The highest BCUT2D eigenvalue weighted by molar-refractivity contribution is 5.88. The number of nitrogens with two attached hydrogens (primary N) is 1. The molecule has 1 unspecified atom stereocenters. The van der Waals surface area contributed by atoms with E-state index in [-0.39, 0.29) is 11.7 Å². The van der Waals surface area contributed by atoms with Crippen molar-refractivity contribution in [3.63, 3.8) is 0 Å². The summed E-state index contributed by atoms with van der Waals surface area (Å²) in [5, 5.41) is 3.18. The van der Waals surface area contributed by atoms with Crippen LogP contribution in [0.3, 0.4) is 0 Å². The number of carbonyl (C=O) groups is 1. The number of nitrogens with one attached hydrogen (secondary N) is 1. The molecule has 0 saturated carbocycles. The summed E-state index contributed by atoms with van der Waals surface area (Å²) < 4.78 is 12.9. The van der Waals surface area contributed by atoms with Crippen molar-refractivity contribution in [2.75, 3.05) is 18.4 Å². The third-order valence-corrected chi connectivity index (χ3v) is 3.73. The monoisotopic (exact) mass is 265 g/mol. The van der Waals surface area contributed by atoms with Gasteiger partial charge in [-0.15, -0.1) is 0 Å². The normalized spacial score (nSPS) is 23.8. The minimum atomic E-state index is -0.762. The smallest absolute Gasteiger partial charge is 0.244 e. The van der Waals surface area contributed by atoms with Gasteiger partial charge >= 0.3 is 0 Å². The van der Waals surface area contributed by atoms with E-state index in [1.54, 1.807) is 12.1 Å². The van der Waals surface area contributed by atoms with Crippen molar-refractivity contribution in [3.8, 4) is 0 Å². The highest BCUT2D eigenvalue weighted by Crippen LogP contribution is 2.27. The topological polar surface area (TPSA) is 58.4 Å². The fourth-order valence-corrected chi connectivity index (χ4v) is 2.45. The fraction of sp³-hybridized carbons (Fsp3) is 0.500. The Hall–Kier alpha value is -1.62. The first kappa shape index (κ1) is 13.8. The number of likely N-dealkylation sites (tertiary alicyclic amines) is 1. The number of amides is 1. The molecule has 0 radical (unpaired) electrons. The number of benzene rings is 1. The lowest BCUT2D eigenvalue weighted by Gasteiger charge is -2.29. The molecule has 0 aliphatic carbocycles. The molecule has 1 aromatic carbocycles. The molecule has 1 aliphatic rings. The van der Waals surface area contributed by atoms with Gasteiger partial charge in [-0.1, -0.05) is 0 Å². The van der Waals surface area contributed by atoms with E-state index in [0.29, 0.717) is 24.7 Å². The quantitative estimate of drug-likeness (QED) is 0.869. The van der Waals surface area contributed by atoms with Crippen molar-refractivity contribution in [3.05, 3.63) is 30.1 Å². The average Bonchev–Trinajstić information content (AvgIpc) is 2.78. The van der Waals surface area contributed by atoms with E-state index in [2.05, 4.69) is 24.1 Å². The number of primary amides is 1. The number of anilines is 1. The number of rotatable bonds is 4. The van der Waals surface area contributed by atoms with Crippen LogP contribution in [0, 0.1) is 5.82 Å². The average molecular weight is 265 g/mol. The molecule has 1 heterocycles. The van der Waals surface area contributed by atoms with Crippen LogP contribution in [-0.4, -0.2) is 35.5 Å². The first-order valence-electron chi connectivity index (χ1n) is 6.51. The van der Waals surface area contributed by atoms with Crippen molar-refractivity contribution in [1.29, 1.82) is 0 Å². The third-order valence-electron chi connectivity index (χ3n) is 3.73. The minimum absolute atomic E-state index is 0.297. The van der Waals surface area contributed by atoms with Gasteiger partial charge in [-0.2, -0.15) is 0 Å². The largest absolute Gasteiger partial charge is 0.370 e. The molecule has 1 atom stereocenters. The van der Waals surface area contributed by atoms with Gasteiger partial charge in [0.1, 0.15) is 11.4 Å². The standard InChI is InChI=1S/C14H20FN3O/c1-10(2)18-8-7-14(9-18,13(16)19)17-12-5-3-11(15)4-6-12/h3-6,10,17H,7-9H2,1-2H3,(H2,16,19). The molecule has 1 aromatic rings. The minimum Gasteiger partial charge on any atom is -0.370 e. The van der Waals surface area contributed by atoms with Crippen LogP contribution in [-0.2, 0) is 4.79 Å². The van der Waals surface area contributed by atoms with E-state index in [1.165, 1.54) is 12.1 Å². The molecule has 4 nitrogen and oxygen atoms in total. The molecule has 1 fully saturated rings. The predicted octanol–water partition coefficient (Wildman–Crippen LogP) is 1.58. The molecule has 1 saturated heterocycles. The van der Waals surface area contributed by atoms with E-state index in [9.17, 15) is 9.18 Å². The Kier molecular flexibility index (Phi) is 3.75. The zero-order valence-electron chi connectivity index (χ0n) is 11.3. The van der Waals surface area contributed by atoms with E-state index >= 15 is 0 Å². The molecule has 1 aliphatic heterocycles. The molecule has 3 N–H and O–H groups in total. The van der Waals surface area contributed by atoms with Crippen LogP contribution in [0.4, 0.5) is 10.1 Å². The van der Waals surface area contributed by atoms with Gasteiger partial charge in [-0.3, -0.25) is 9.69 Å². The lowest BCUT2D eigenvalue weighted by atomic mass is 9.97. The van der Waals surface area contributed by atoms with Gasteiger partial charge < -0.3 is 11.1 Å². The fourth-order valence-electron chi connectivity index (χ4n) is 2.45. The summed E-state index contributed by atoms with van der Waals surface area (Å²) in [6.45, 7) is 5.59. The Morgan fingerprint density at radius 3 is 2.53 bits per heavy atom. The Balaban J connectivity index is 2.17. The van der Waals surface area contributed by atoms with Gasteiger partial charge in [0.2, 0.25) is 5.91 Å². The maximum absolute atomic E-state index is 12.9. The zero-order valence-corrected chi connectivity index (χ0v) is 11.3. The molecular formula is C14H20FN3O. The number of carbonyl (C=O) groups excluding carboxylic acids is 1. The van der Waals surface area contributed by atoms with Gasteiger partial charge in [-0.05, 0) is 44.5 Å². The number of nitrogens with zero attached hydrogens (tertiary/aromatic N) is 1. The van der Waals surface area contributed by atoms with Crippen molar-refractivity contribution in [2.24, 2.45) is 5.73 Å². The summed E-state index contributed by atoms with van der Waals surface area (Å²) in [5.41, 5.74) is 5.52. The summed E-state index contributed by atoms with van der Waals surface area (Å²) >= 11 is 0. The van der Waals surface area contributed by atoms with Crippen molar-refractivity contribution in [1.82, 2.24) is 4.90 Å². The van der Waals surface area contributed by atoms with Crippen LogP contribution in [0.2, 0.25) is 0 Å². The highest BCUT2D eigenvalue weighted by atomic mass is 19.1. The van der Waals surface area contributed by atoms with Crippen LogP contribution >= 0.6 is 0 Å². The van der Waals surface area contributed by atoms with Crippen LogP contribution in [0.5, 0.6) is 0 Å². The molecular weight excluding hydrogens is 245 g/mol. The molecule has 5 heteroatoms. The van der Waals surface area contributed by atoms with E-state index in [0.717, 1.165) is 6.54 Å². The maximum atomic E-state index is 12.9. The Morgan fingerprint density at radius 1 is 1.42 bits per heavy atom. The zero-order chi connectivity index (χ0) is 14.0. The van der Waals surface area contributed by atoms with E-state index < -0.39 is 5.54 Å². The SMILES string of the molecule is CC(C)N1CCC(Nc2ccc(F)cc2)(C(N)=O)C1.